The van der Waals surface area contributed by atoms with Gasteiger partial charge in [0.05, 0.1) is 5.75 Å². The van der Waals surface area contributed by atoms with Gasteiger partial charge in [-0.25, -0.2) is 8.42 Å². The molecule has 0 fully saturated rings. The van der Waals surface area contributed by atoms with Gasteiger partial charge in [0.1, 0.15) is 9.84 Å². The molecule has 7 heteroatoms. The Morgan fingerprint density at radius 3 is 1.15 bits per heavy atom. The van der Waals surface area contributed by atoms with Crippen LogP contribution in [-0.2, 0) is 9.84 Å². The Morgan fingerprint density at radius 2 is 1.00 bits per heavy atom. The molecule has 0 aromatic carbocycles. The van der Waals surface area contributed by atoms with Gasteiger partial charge in [-0.3, -0.25) is 0 Å². The van der Waals surface area contributed by atoms with Crippen molar-refractivity contribution in [3.8, 4) is 0 Å². The fraction of sp³-hybridized carbons (Fsp3) is 1.00. The summed E-state index contributed by atoms with van der Waals surface area (Å²) in [4.78, 5) is 6.83. The number of nitrogens with zero attached hydrogens (tertiary/aromatic N) is 3. The van der Waals surface area contributed by atoms with E-state index in [9.17, 15) is 8.42 Å². The number of sulfone groups is 1. The third-order valence-electron chi connectivity index (χ3n) is 6.49. The number of unbranched alkanes of at least 4 members (excludes halogenated alkanes) is 1. The van der Waals surface area contributed by atoms with Crippen LogP contribution in [0.25, 0.3) is 0 Å². The topological polar surface area (TPSA) is 55.9 Å². The highest BCUT2D eigenvalue weighted by molar-refractivity contribution is 7.90. The van der Waals surface area contributed by atoms with Crippen LogP contribution in [0.5, 0.6) is 0 Å². The minimum absolute atomic E-state index is 0.0816. The second kappa shape index (κ2) is 35.6. The van der Waals surface area contributed by atoms with Crippen LogP contribution in [0, 0.1) is 23.2 Å². The van der Waals surface area contributed by atoms with E-state index in [0.29, 0.717) is 30.1 Å². The fourth-order valence-corrected chi connectivity index (χ4v) is 6.01. The van der Waals surface area contributed by atoms with Gasteiger partial charge in [0.2, 0.25) is 0 Å². The van der Waals surface area contributed by atoms with E-state index in [0.717, 1.165) is 18.3 Å². The first-order chi connectivity index (χ1) is 21.0. The summed E-state index contributed by atoms with van der Waals surface area (Å²) in [5.74, 6) is 2.56. The molecular formula is C40H96N4O2S. The van der Waals surface area contributed by atoms with Crippen molar-refractivity contribution >= 4 is 9.84 Å². The largest absolute Gasteiger partial charge is 0.312 e. The molecule has 0 atom stereocenters. The Labute approximate surface area is 301 Å². The first-order valence-electron chi connectivity index (χ1n) is 19.0. The van der Waals surface area contributed by atoms with Gasteiger partial charge in [-0.05, 0) is 112 Å². The molecule has 0 heterocycles. The maximum Gasteiger partial charge on any atom is 0.147 e. The van der Waals surface area contributed by atoms with Crippen LogP contribution in [0.4, 0.5) is 0 Å². The minimum Gasteiger partial charge on any atom is -0.312 e. The van der Waals surface area contributed by atoms with Crippen molar-refractivity contribution in [2.24, 2.45) is 23.2 Å². The van der Waals surface area contributed by atoms with Crippen LogP contribution in [0.1, 0.15) is 157 Å². The Kier molecular flexibility index (Phi) is 44.7. The van der Waals surface area contributed by atoms with E-state index in [1.807, 2.05) is 13.8 Å². The van der Waals surface area contributed by atoms with Crippen LogP contribution in [0.2, 0.25) is 0 Å². The van der Waals surface area contributed by atoms with Crippen molar-refractivity contribution in [3.63, 3.8) is 0 Å². The molecule has 0 saturated carbocycles. The van der Waals surface area contributed by atoms with Crippen LogP contribution >= 0.6 is 0 Å². The lowest BCUT2D eigenvalue weighted by molar-refractivity contribution is 0.246. The van der Waals surface area contributed by atoms with E-state index in [1.54, 1.807) is 0 Å². The molecule has 1 N–H and O–H groups in total. The molecule has 6 nitrogen and oxygen atoms in total. The summed E-state index contributed by atoms with van der Waals surface area (Å²) in [6.45, 7) is 44.7. The molecule has 0 saturated heterocycles. The van der Waals surface area contributed by atoms with Gasteiger partial charge in [-0.2, -0.15) is 0 Å². The van der Waals surface area contributed by atoms with Crippen molar-refractivity contribution < 1.29 is 8.42 Å². The lowest BCUT2D eigenvalue weighted by Crippen LogP contribution is -2.29. The third-order valence-corrected chi connectivity index (χ3v) is 7.80. The normalized spacial score (nSPS) is 11.7. The monoisotopic (exact) mass is 697 g/mol. The molecule has 47 heavy (non-hydrogen) atoms. The van der Waals surface area contributed by atoms with Gasteiger partial charge >= 0.3 is 0 Å². The number of hydrogen-bond donors (Lipinski definition) is 1. The summed E-state index contributed by atoms with van der Waals surface area (Å²) in [7, 11) is 5.59. The molecule has 0 aromatic heterocycles. The molecule has 0 aromatic rings. The standard InChI is InChI=1S/C9H21N.C9H20O2S.C7H17N.C6H15N.C5H13N.C4H10/c1-9(2)7-5-6-8-10(3)4;1-8(2)6-9(3,4)7-12(5,10)11;1-5-8(6-2)7(3)4;1-5(2)7-6(3)4;1-5(2)6(3)4;1-4(2)3/h9H,5-8H2,1-4H3;8H,6-7H2,1-5H3;7H,5-6H2,1-4H3;5-7H,1-4H3;5H,1-4H3;4H,1-3H3. The van der Waals surface area contributed by atoms with Gasteiger partial charge < -0.3 is 20.0 Å². The summed E-state index contributed by atoms with van der Waals surface area (Å²) in [5.41, 5.74) is -0.0816. The van der Waals surface area contributed by atoms with Crippen molar-refractivity contribution in [2.45, 2.75) is 181 Å². The highest BCUT2D eigenvalue weighted by Crippen LogP contribution is 2.26. The van der Waals surface area contributed by atoms with E-state index >= 15 is 0 Å². The molecular weight excluding hydrogens is 601 g/mol. The second-order valence-electron chi connectivity index (χ2n) is 17.1. The zero-order valence-corrected chi connectivity index (χ0v) is 38.1. The molecule has 0 spiro atoms. The van der Waals surface area contributed by atoms with Gasteiger partial charge in [0, 0.05) is 30.4 Å². The predicted octanol–water partition coefficient (Wildman–Crippen LogP) is 10.2. The van der Waals surface area contributed by atoms with Crippen molar-refractivity contribution in [2.75, 3.05) is 59.8 Å². The van der Waals surface area contributed by atoms with E-state index in [2.05, 4.69) is 166 Å². The van der Waals surface area contributed by atoms with E-state index in [1.165, 1.54) is 45.2 Å². The Bertz CT molecular complexity index is 670. The fourth-order valence-electron chi connectivity index (χ4n) is 4.48. The number of hydrogen-bond acceptors (Lipinski definition) is 6. The van der Waals surface area contributed by atoms with E-state index < -0.39 is 9.84 Å². The molecule has 0 unspecified atom stereocenters. The molecule has 0 rings (SSSR count). The average molecular weight is 697 g/mol. The van der Waals surface area contributed by atoms with Gasteiger partial charge in [0.15, 0.2) is 0 Å². The average Bonchev–Trinajstić information content (AvgIpc) is 2.80. The molecule has 294 valence electrons. The summed E-state index contributed by atoms with van der Waals surface area (Å²) in [5, 5.41) is 3.31. The second-order valence-corrected chi connectivity index (χ2v) is 19.2. The number of rotatable bonds is 15. The summed E-state index contributed by atoms with van der Waals surface area (Å²) >= 11 is 0. The number of nitrogens with one attached hydrogen (secondary N) is 1. The minimum atomic E-state index is -2.83. The highest BCUT2D eigenvalue weighted by Gasteiger charge is 2.24. The maximum absolute atomic E-state index is 11.0. The maximum atomic E-state index is 11.0. The summed E-state index contributed by atoms with van der Waals surface area (Å²) in [6.07, 6.45) is 6.38. The lowest BCUT2D eigenvalue weighted by atomic mass is 9.86. The third kappa shape index (κ3) is 76.9. The molecule has 0 radical (unpaired) electrons. The predicted molar refractivity (Wildman–Crippen MR) is 221 cm³/mol. The Hall–Kier alpha value is -0.210. The van der Waals surface area contributed by atoms with Crippen molar-refractivity contribution in [1.29, 1.82) is 0 Å². The Morgan fingerprint density at radius 1 is 0.638 bits per heavy atom. The lowest BCUT2D eigenvalue weighted by Gasteiger charge is -2.25. The van der Waals surface area contributed by atoms with Crippen LogP contribution in [0.15, 0.2) is 0 Å². The van der Waals surface area contributed by atoms with Crippen LogP contribution in [0.3, 0.4) is 0 Å². The van der Waals surface area contributed by atoms with E-state index in [4.69, 9.17) is 0 Å². The summed E-state index contributed by atoms with van der Waals surface area (Å²) in [6, 6.07) is 2.65. The first kappa shape index (κ1) is 59.0. The van der Waals surface area contributed by atoms with Crippen LogP contribution < -0.4 is 5.32 Å². The summed E-state index contributed by atoms with van der Waals surface area (Å²) < 4.78 is 22.1. The molecule has 0 bridgehead atoms. The zero-order chi connectivity index (χ0) is 39.1. The van der Waals surface area contributed by atoms with Crippen molar-refractivity contribution in [3.05, 3.63) is 0 Å². The zero-order valence-electron chi connectivity index (χ0n) is 37.3. The molecule has 0 aliphatic heterocycles. The molecule has 0 aliphatic carbocycles. The van der Waals surface area contributed by atoms with Crippen molar-refractivity contribution in [1.82, 2.24) is 20.0 Å². The van der Waals surface area contributed by atoms with E-state index in [-0.39, 0.29) is 11.2 Å². The molecule has 0 amide bonds. The van der Waals surface area contributed by atoms with Gasteiger partial charge in [-0.1, -0.05) is 117 Å². The van der Waals surface area contributed by atoms with Crippen LogP contribution in [-0.4, -0.2) is 107 Å². The molecule has 0 aliphatic rings. The quantitative estimate of drug-likeness (QED) is 0.172. The first-order valence-corrected chi connectivity index (χ1v) is 21.0. The van der Waals surface area contributed by atoms with Gasteiger partial charge in [-0.15, -0.1) is 0 Å². The SMILES string of the molecule is CC(C)C.CC(C)CC(C)(C)CS(C)(=O)=O.CC(C)CCCCN(C)C.CC(C)N(C)C.CC(C)NC(C)C.CCN(CC)C(C)C. The highest BCUT2D eigenvalue weighted by atomic mass is 32.2. The smallest absolute Gasteiger partial charge is 0.147 e. The van der Waals surface area contributed by atoms with Gasteiger partial charge in [0.25, 0.3) is 0 Å². The Balaban J connectivity index is -0.000000111.